The summed E-state index contributed by atoms with van der Waals surface area (Å²) in [5.41, 5.74) is 0.579. The number of amides is 1. The third-order valence-electron chi connectivity index (χ3n) is 4.06. The van der Waals surface area contributed by atoms with Crippen LogP contribution in [-0.2, 0) is 11.3 Å². The maximum absolute atomic E-state index is 12.9. The van der Waals surface area contributed by atoms with Crippen LogP contribution in [0.2, 0.25) is 5.02 Å². The van der Waals surface area contributed by atoms with Crippen molar-refractivity contribution in [2.24, 2.45) is 0 Å². The first-order valence-electron chi connectivity index (χ1n) is 8.76. The molecule has 1 amide bonds. The number of anilines is 1. The van der Waals surface area contributed by atoms with Gasteiger partial charge < -0.3 is 19.5 Å². The summed E-state index contributed by atoms with van der Waals surface area (Å²) < 4.78 is 52.8. The predicted molar refractivity (Wildman–Crippen MR) is 110 cm³/mol. The third kappa shape index (κ3) is 5.35. The number of rotatable bonds is 7. The molecule has 0 saturated carbocycles. The number of methoxy groups -OCH3 is 2. The number of thiophene rings is 1. The number of ether oxygens (including phenoxy) is 3. The second-order valence-electron chi connectivity index (χ2n) is 6.32. The van der Waals surface area contributed by atoms with Crippen molar-refractivity contribution in [2.75, 3.05) is 26.1 Å². The average molecular weight is 476 g/mol. The summed E-state index contributed by atoms with van der Waals surface area (Å²) in [6.45, 7) is 0.357. The highest BCUT2D eigenvalue weighted by Crippen LogP contribution is 2.36. The summed E-state index contributed by atoms with van der Waals surface area (Å²) in [4.78, 5) is 22.4. The molecule has 0 radical (unpaired) electrons. The number of benzene rings is 1. The Morgan fingerprint density at radius 3 is 2.65 bits per heavy atom. The number of aryl methyl sites for hydroxylation is 1. The average Bonchev–Trinajstić information content (AvgIpc) is 3.03. The van der Waals surface area contributed by atoms with Crippen LogP contribution in [0.4, 0.5) is 18.9 Å². The number of fused-ring (bicyclic) bond motifs is 1. The minimum absolute atomic E-state index is 0.0109. The van der Waals surface area contributed by atoms with E-state index in [1.807, 2.05) is 0 Å². The van der Waals surface area contributed by atoms with Gasteiger partial charge in [-0.3, -0.25) is 4.79 Å². The van der Waals surface area contributed by atoms with Crippen LogP contribution in [0.5, 0.6) is 11.6 Å². The largest absolute Gasteiger partial charge is 0.482 e. The molecule has 1 N–H and O–H groups in total. The SMILES string of the molecule is COCc1nc(OC)c2c(C)c(C(=O)Nc3cc(Cl)ccc3OCC(F)(F)F)sc2n1. The maximum atomic E-state index is 12.9. The lowest BCUT2D eigenvalue weighted by molar-refractivity contribution is -0.153. The zero-order valence-electron chi connectivity index (χ0n) is 16.6. The Balaban J connectivity index is 1.95. The lowest BCUT2D eigenvalue weighted by Gasteiger charge is -2.14. The van der Waals surface area contributed by atoms with Crippen molar-refractivity contribution in [2.45, 2.75) is 19.7 Å². The number of alkyl halides is 3. The molecule has 0 atom stereocenters. The van der Waals surface area contributed by atoms with E-state index in [2.05, 4.69) is 15.3 Å². The molecule has 0 aliphatic rings. The van der Waals surface area contributed by atoms with E-state index >= 15 is 0 Å². The molecule has 0 saturated heterocycles. The lowest BCUT2D eigenvalue weighted by atomic mass is 10.2. The molecular weight excluding hydrogens is 459 g/mol. The van der Waals surface area contributed by atoms with Crippen molar-refractivity contribution in [1.29, 1.82) is 0 Å². The first-order chi connectivity index (χ1) is 14.6. The molecule has 2 heterocycles. The quantitative estimate of drug-likeness (QED) is 0.517. The monoisotopic (exact) mass is 475 g/mol. The van der Waals surface area contributed by atoms with Gasteiger partial charge in [-0.1, -0.05) is 11.6 Å². The van der Waals surface area contributed by atoms with Crippen molar-refractivity contribution in [3.8, 4) is 11.6 Å². The molecule has 0 aliphatic carbocycles. The van der Waals surface area contributed by atoms with Gasteiger partial charge in [-0.25, -0.2) is 4.98 Å². The fourth-order valence-electron chi connectivity index (χ4n) is 2.77. The highest BCUT2D eigenvalue weighted by molar-refractivity contribution is 7.20. The fourth-order valence-corrected chi connectivity index (χ4v) is 4.02. The van der Waals surface area contributed by atoms with Gasteiger partial charge in [0.05, 0.1) is 23.1 Å². The standard InChI is InChI=1S/C19H17ClF3N3O4S/c1-9-14-17(29-3)25-13(7-28-2)26-18(14)31-15(9)16(27)24-11-6-10(20)4-5-12(11)30-8-19(21,22)23/h4-6H,7-8H2,1-3H3,(H,24,27). The second-order valence-corrected chi connectivity index (χ2v) is 7.75. The topological polar surface area (TPSA) is 82.6 Å². The normalized spacial score (nSPS) is 11.6. The number of hydrogen-bond acceptors (Lipinski definition) is 7. The summed E-state index contributed by atoms with van der Waals surface area (Å²) >= 11 is 7.04. The van der Waals surface area contributed by atoms with Gasteiger partial charge in [-0.15, -0.1) is 11.3 Å². The van der Waals surface area contributed by atoms with Crippen LogP contribution in [0.3, 0.4) is 0 Å². The zero-order valence-corrected chi connectivity index (χ0v) is 18.2. The van der Waals surface area contributed by atoms with Gasteiger partial charge in [0.15, 0.2) is 12.4 Å². The van der Waals surface area contributed by atoms with Crippen LogP contribution < -0.4 is 14.8 Å². The Morgan fingerprint density at radius 1 is 1.26 bits per heavy atom. The van der Waals surface area contributed by atoms with Crippen LogP contribution in [-0.4, -0.2) is 42.9 Å². The van der Waals surface area contributed by atoms with Gasteiger partial charge in [-0.2, -0.15) is 18.2 Å². The van der Waals surface area contributed by atoms with Crippen LogP contribution in [0.25, 0.3) is 10.2 Å². The van der Waals surface area contributed by atoms with Gasteiger partial charge in [0.1, 0.15) is 17.2 Å². The molecular formula is C19H17ClF3N3O4S. The third-order valence-corrected chi connectivity index (χ3v) is 5.48. The number of hydrogen-bond donors (Lipinski definition) is 1. The number of carbonyl (C=O) groups excluding carboxylic acids is 1. The van der Waals surface area contributed by atoms with Crippen LogP contribution in [0.1, 0.15) is 21.1 Å². The molecule has 0 aliphatic heterocycles. The van der Waals surface area contributed by atoms with Crippen molar-refractivity contribution < 1.29 is 32.2 Å². The predicted octanol–water partition coefficient (Wildman–Crippen LogP) is 5.00. The molecule has 1 aromatic carbocycles. The number of nitrogens with one attached hydrogen (secondary N) is 1. The zero-order chi connectivity index (χ0) is 22.8. The van der Waals surface area contributed by atoms with Gasteiger partial charge in [0, 0.05) is 12.1 Å². The van der Waals surface area contributed by atoms with Gasteiger partial charge in [-0.05, 0) is 30.7 Å². The summed E-state index contributed by atoms with van der Waals surface area (Å²) in [5.74, 6) is -0.0388. The van der Waals surface area contributed by atoms with E-state index in [1.54, 1.807) is 6.92 Å². The number of halogens is 4. The Bertz CT molecular complexity index is 1120. The summed E-state index contributed by atoms with van der Waals surface area (Å²) in [5, 5.41) is 3.35. The molecule has 0 bridgehead atoms. The second kappa shape index (κ2) is 9.25. The molecule has 7 nitrogen and oxygen atoms in total. The minimum Gasteiger partial charge on any atom is -0.482 e. The van der Waals surface area contributed by atoms with Gasteiger partial charge in [0.2, 0.25) is 5.88 Å². The fraction of sp³-hybridized carbons (Fsp3) is 0.316. The number of nitrogens with zero attached hydrogens (tertiary/aromatic N) is 2. The minimum atomic E-state index is -4.53. The maximum Gasteiger partial charge on any atom is 0.422 e. The van der Waals surface area contributed by atoms with Crippen molar-refractivity contribution in [1.82, 2.24) is 9.97 Å². The first-order valence-corrected chi connectivity index (χ1v) is 9.95. The van der Waals surface area contributed by atoms with Gasteiger partial charge in [0.25, 0.3) is 5.91 Å². The van der Waals surface area contributed by atoms with E-state index in [4.69, 9.17) is 25.8 Å². The highest BCUT2D eigenvalue weighted by atomic mass is 35.5. The van der Waals surface area contributed by atoms with Crippen LogP contribution in [0.15, 0.2) is 18.2 Å². The molecule has 166 valence electrons. The molecule has 31 heavy (non-hydrogen) atoms. The highest BCUT2D eigenvalue weighted by Gasteiger charge is 2.29. The molecule has 2 aromatic heterocycles. The van der Waals surface area contributed by atoms with Crippen molar-refractivity contribution in [3.05, 3.63) is 39.5 Å². The van der Waals surface area contributed by atoms with E-state index in [1.165, 1.54) is 32.4 Å². The van der Waals surface area contributed by atoms with Crippen LogP contribution >= 0.6 is 22.9 Å². The van der Waals surface area contributed by atoms with E-state index in [-0.39, 0.29) is 23.1 Å². The van der Waals surface area contributed by atoms with Gasteiger partial charge >= 0.3 is 6.18 Å². The molecule has 0 unspecified atom stereocenters. The summed E-state index contributed by atoms with van der Waals surface area (Å²) in [6, 6.07) is 3.93. The first kappa shape index (κ1) is 23.0. The van der Waals surface area contributed by atoms with E-state index in [0.717, 1.165) is 11.3 Å². The number of aromatic nitrogens is 2. The van der Waals surface area contributed by atoms with Crippen molar-refractivity contribution in [3.63, 3.8) is 0 Å². The van der Waals surface area contributed by atoms with E-state index in [9.17, 15) is 18.0 Å². The Labute approximate surface area is 184 Å². The number of carbonyl (C=O) groups is 1. The molecule has 3 aromatic rings. The van der Waals surface area contributed by atoms with E-state index < -0.39 is 18.7 Å². The molecule has 0 spiro atoms. The lowest BCUT2D eigenvalue weighted by Crippen LogP contribution is -2.20. The Morgan fingerprint density at radius 2 is 2.00 bits per heavy atom. The van der Waals surface area contributed by atoms with Crippen LogP contribution in [0, 0.1) is 6.92 Å². The van der Waals surface area contributed by atoms with Crippen molar-refractivity contribution >= 4 is 44.7 Å². The smallest absolute Gasteiger partial charge is 0.422 e. The molecule has 12 heteroatoms. The summed E-state index contributed by atoms with van der Waals surface area (Å²) in [6.07, 6.45) is -4.53. The molecule has 0 fully saturated rings. The summed E-state index contributed by atoms with van der Waals surface area (Å²) in [7, 11) is 2.95. The van der Waals surface area contributed by atoms with E-state index in [0.29, 0.717) is 32.4 Å². The Kier molecular flexibility index (Phi) is 6.87. The molecule has 3 rings (SSSR count). The Hall–Kier alpha value is -2.63.